The number of nitro groups is 1. The van der Waals surface area contributed by atoms with Crippen molar-refractivity contribution in [3.8, 4) is 0 Å². The molecule has 3 aromatic carbocycles. The van der Waals surface area contributed by atoms with Gasteiger partial charge in [-0.05, 0) is 35.0 Å². The molecule has 104 valence electrons. The number of hydrogen-bond donors (Lipinski definition) is 0. The van der Waals surface area contributed by atoms with Crippen molar-refractivity contribution in [1.82, 2.24) is 0 Å². The zero-order valence-corrected chi connectivity index (χ0v) is 11.6. The molecule has 0 radical (unpaired) electrons. The van der Waals surface area contributed by atoms with Crippen LogP contribution < -0.4 is 4.90 Å². The number of nitrogens with zero attached hydrogens (tertiary/aromatic N) is 2. The Morgan fingerprint density at radius 1 is 0.857 bits per heavy atom. The summed E-state index contributed by atoms with van der Waals surface area (Å²) >= 11 is 0. The highest BCUT2D eigenvalue weighted by Gasteiger charge is 2.08. The van der Waals surface area contributed by atoms with Crippen LogP contribution in [0.2, 0.25) is 0 Å². The third-order valence-electron chi connectivity index (χ3n) is 3.57. The molecule has 0 aliphatic carbocycles. The van der Waals surface area contributed by atoms with Crippen LogP contribution in [0.3, 0.4) is 0 Å². The maximum Gasteiger partial charge on any atom is 0.269 e. The monoisotopic (exact) mass is 278 g/mol. The molecule has 0 spiro atoms. The highest BCUT2D eigenvalue weighted by atomic mass is 16.6. The van der Waals surface area contributed by atoms with Crippen LogP contribution in [0.4, 0.5) is 17.1 Å². The van der Waals surface area contributed by atoms with Crippen molar-refractivity contribution in [3.63, 3.8) is 0 Å². The maximum absolute atomic E-state index is 10.7. The summed E-state index contributed by atoms with van der Waals surface area (Å²) in [6.07, 6.45) is 0. The average Bonchev–Trinajstić information content (AvgIpc) is 2.54. The first-order valence-electron chi connectivity index (χ1n) is 6.62. The van der Waals surface area contributed by atoms with Gasteiger partial charge in [0, 0.05) is 30.6 Å². The molecular formula is C17H14N2O2. The number of hydrogen-bond acceptors (Lipinski definition) is 3. The molecule has 0 heterocycles. The van der Waals surface area contributed by atoms with Crippen molar-refractivity contribution in [1.29, 1.82) is 0 Å². The SMILES string of the molecule is CN(c1ccc([N+](=O)[O-])cc1)c1ccc2ccccc2c1. The molecular weight excluding hydrogens is 264 g/mol. The van der Waals surface area contributed by atoms with Gasteiger partial charge in [-0.1, -0.05) is 30.3 Å². The van der Waals surface area contributed by atoms with Crippen LogP contribution in [0.5, 0.6) is 0 Å². The topological polar surface area (TPSA) is 46.4 Å². The molecule has 0 aliphatic rings. The third kappa shape index (κ3) is 2.56. The van der Waals surface area contributed by atoms with Crippen LogP contribution in [0, 0.1) is 10.1 Å². The Morgan fingerprint density at radius 3 is 2.14 bits per heavy atom. The summed E-state index contributed by atoms with van der Waals surface area (Å²) < 4.78 is 0. The molecule has 0 aromatic heterocycles. The van der Waals surface area contributed by atoms with E-state index in [2.05, 4.69) is 24.3 Å². The largest absolute Gasteiger partial charge is 0.345 e. The van der Waals surface area contributed by atoms with Gasteiger partial charge >= 0.3 is 0 Å². The predicted octanol–water partition coefficient (Wildman–Crippen LogP) is 4.52. The lowest BCUT2D eigenvalue weighted by Crippen LogP contribution is -2.09. The lowest BCUT2D eigenvalue weighted by Gasteiger charge is -2.19. The molecule has 4 heteroatoms. The number of fused-ring (bicyclic) bond motifs is 1. The maximum atomic E-state index is 10.7. The van der Waals surface area contributed by atoms with Gasteiger partial charge in [0.1, 0.15) is 0 Å². The van der Waals surface area contributed by atoms with E-state index in [-0.39, 0.29) is 10.6 Å². The van der Waals surface area contributed by atoms with Crippen molar-refractivity contribution in [3.05, 3.63) is 76.8 Å². The standard InChI is InChI=1S/C17H14N2O2/c1-18(15-8-10-16(11-9-15)19(20)21)17-7-6-13-4-2-3-5-14(13)12-17/h2-12H,1H3. The zero-order chi connectivity index (χ0) is 14.8. The van der Waals surface area contributed by atoms with Crippen LogP contribution in [-0.4, -0.2) is 12.0 Å². The van der Waals surface area contributed by atoms with Crippen LogP contribution in [-0.2, 0) is 0 Å². The van der Waals surface area contributed by atoms with E-state index in [0.29, 0.717) is 0 Å². The minimum Gasteiger partial charge on any atom is -0.345 e. The Morgan fingerprint density at radius 2 is 1.48 bits per heavy atom. The summed E-state index contributed by atoms with van der Waals surface area (Å²) in [7, 11) is 1.95. The van der Waals surface area contributed by atoms with Gasteiger partial charge in [0.25, 0.3) is 5.69 Å². The summed E-state index contributed by atoms with van der Waals surface area (Å²) in [5.74, 6) is 0. The molecule has 0 bridgehead atoms. The smallest absolute Gasteiger partial charge is 0.269 e. The number of non-ortho nitro benzene ring substituents is 1. The predicted molar refractivity (Wildman–Crippen MR) is 85.1 cm³/mol. The van der Waals surface area contributed by atoms with Gasteiger partial charge in [-0.2, -0.15) is 0 Å². The van der Waals surface area contributed by atoms with Gasteiger partial charge < -0.3 is 4.90 Å². The molecule has 0 atom stereocenters. The van der Waals surface area contributed by atoms with Gasteiger partial charge in [-0.3, -0.25) is 10.1 Å². The normalized spacial score (nSPS) is 10.5. The number of rotatable bonds is 3. The van der Waals surface area contributed by atoms with Crippen molar-refractivity contribution >= 4 is 27.8 Å². The third-order valence-corrected chi connectivity index (χ3v) is 3.57. The second kappa shape index (κ2) is 5.25. The van der Waals surface area contributed by atoms with Gasteiger partial charge in [0.05, 0.1) is 4.92 Å². The highest BCUT2D eigenvalue weighted by Crippen LogP contribution is 2.28. The van der Waals surface area contributed by atoms with Gasteiger partial charge in [0.2, 0.25) is 0 Å². The first kappa shape index (κ1) is 13.1. The molecule has 3 rings (SSSR count). The van der Waals surface area contributed by atoms with Crippen molar-refractivity contribution in [2.24, 2.45) is 0 Å². The van der Waals surface area contributed by atoms with E-state index in [1.807, 2.05) is 30.1 Å². The summed E-state index contributed by atoms with van der Waals surface area (Å²) in [4.78, 5) is 12.3. The summed E-state index contributed by atoms with van der Waals surface area (Å²) in [6, 6.07) is 21.0. The quantitative estimate of drug-likeness (QED) is 0.523. The summed E-state index contributed by atoms with van der Waals surface area (Å²) in [5.41, 5.74) is 2.06. The lowest BCUT2D eigenvalue weighted by atomic mass is 10.1. The summed E-state index contributed by atoms with van der Waals surface area (Å²) in [5, 5.41) is 13.1. The first-order valence-corrected chi connectivity index (χ1v) is 6.62. The van der Waals surface area contributed by atoms with E-state index < -0.39 is 0 Å². The molecule has 0 aliphatic heterocycles. The lowest BCUT2D eigenvalue weighted by molar-refractivity contribution is -0.384. The minimum absolute atomic E-state index is 0.102. The summed E-state index contributed by atoms with van der Waals surface area (Å²) in [6.45, 7) is 0. The fourth-order valence-electron chi connectivity index (χ4n) is 2.33. The Hall–Kier alpha value is -2.88. The van der Waals surface area contributed by atoms with Crippen LogP contribution in [0.25, 0.3) is 10.8 Å². The van der Waals surface area contributed by atoms with Crippen LogP contribution in [0.1, 0.15) is 0 Å². The van der Waals surface area contributed by atoms with Crippen molar-refractivity contribution in [2.75, 3.05) is 11.9 Å². The second-order valence-corrected chi connectivity index (χ2v) is 4.86. The average molecular weight is 278 g/mol. The van der Waals surface area contributed by atoms with E-state index >= 15 is 0 Å². The van der Waals surface area contributed by atoms with E-state index in [9.17, 15) is 10.1 Å². The van der Waals surface area contributed by atoms with Crippen molar-refractivity contribution in [2.45, 2.75) is 0 Å². The zero-order valence-electron chi connectivity index (χ0n) is 11.6. The van der Waals surface area contributed by atoms with Gasteiger partial charge in [0.15, 0.2) is 0 Å². The van der Waals surface area contributed by atoms with E-state index in [1.165, 1.54) is 22.9 Å². The van der Waals surface area contributed by atoms with E-state index in [1.54, 1.807) is 12.1 Å². The Kier molecular flexibility index (Phi) is 3.28. The molecule has 0 saturated heterocycles. The van der Waals surface area contributed by atoms with Crippen LogP contribution in [0.15, 0.2) is 66.7 Å². The highest BCUT2D eigenvalue weighted by molar-refractivity contribution is 5.86. The Balaban J connectivity index is 1.95. The molecule has 0 unspecified atom stereocenters. The fourth-order valence-corrected chi connectivity index (χ4v) is 2.33. The van der Waals surface area contributed by atoms with Gasteiger partial charge in [-0.15, -0.1) is 0 Å². The molecule has 21 heavy (non-hydrogen) atoms. The molecule has 0 fully saturated rings. The van der Waals surface area contributed by atoms with Crippen molar-refractivity contribution < 1.29 is 4.92 Å². The van der Waals surface area contributed by atoms with E-state index in [4.69, 9.17) is 0 Å². The number of benzene rings is 3. The first-order chi connectivity index (χ1) is 10.1. The molecule has 4 nitrogen and oxygen atoms in total. The molecule has 0 saturated carbocycles. The molecule has 3 aromatic rings. The number of anilines is 2. The Labute approximate surface area is 122 Å². The second-order valence-electron chi connectivity index (χ2n) is 4.86. The van der Waals surface area contributed by atoms with E-state index in [0.717, 1.165) is 11.4 Å². The Bertz CT molecular complexity index is 797. The fraction of sp³-hybridized carbons (Fsp3) is 0.0588. The molecule has 0 N–H and O–H groups in total. The minimum atomic E-state index is -0.389. The number of nitro benzene ring substituents is 1. The molecule has 0 amide bonds. The van der Waals surface area contributed by atoms with Gasteiger partial charge in [-0.25, -0.2) is 0 Å². The van der Waals surface area contributed by atoms with Crippen LogP contribution >= 0.6 is 0 Å².